The van der Waals surface area contributed by atoms with Crippen LogP contribution in [0.15, 0.2) is 84.9 Å². The first-order valence-electron chi connectivity index (χ1n) is 14.4. The molecule has 3 aromatic rings. The lowest BCUT2D eigenvalue weighted by Gasteiger charge is -2.58. The number of carbonyl (C=O) groups excluding carboxylic acids is 1. The topological polar surface area (TPSA) is 101 Å². The quantitative estimate of drug-likeness (QED) is 0.384. The molecule has 5 unspecified atom stereocenters. The normalized spacial score (nSPS) is 36.1. The predicted octanol–water partition coefficient (Wildman–Crippen LogP) is 5.00. The molecule has 42 heavy (non-hydrogen) atoms. The summed E-state index contributed by atoms with van der Waals surface area (Å²) in [5, 5.41) is 12.9. The molecule has 2 N–H and O–H groups in total. The highest BCUT2D eigenvalue weighted by molar-refractivity contribution is 6.03. The molecule has 5 fully saturated rings. The number of fused-ring (bicyclic) bond motifs is 4. The van der Waals surface area contributed by atoms with Crippen molar-refractivity contribution < 1.29 is 33.3 Å². The summed E-state index contributed by atoms with van der Waals surface area (Å²) in [6.07, 6.45) is -0.433. The average molecular weight is 573 g/mol. The Balaban J connectivity index is 1.54. The Morgan fingerprint density at radius 3 is 2.29 bits per heavy atom. The maximum absolute atomic E-state index is 14.9. The summed E-state index contributed by atoms with van der Waals surface area (Å²) >= 11 is 0. The van der Waals surface area contributed by atoms with Crippen LogP contribution in [0.5, 0.6) is 0 Å². The SMILES string of the molecule is CC(C)C12O[C@@H](CC(=O)O)C[C@H]3CCN1C(c1ccc(F)cc1)(O3)C1(c3ccccc3)OC21C(=O)Nc1ccccc1. The zero-order valence-electron chi connectivity index (χ0n) is 23.5. The highest BCUT2D eigenvalue weighted by Crippen LogP contribution is 2.80. The van der Waals surface area contributed by atoms with Crippen LogP contribution in [0.25, 0.3) is 0 Å². The first kappa shape index (κ1) is 27.2. The molecule has 9 heteroatoms. The molecule has 8 nitrogen and oxygen atoms in total. The molecule has 5 saturated heterocycles. The molecule has 1 amide bonds. The van der Waals surface area contributed by atoms with E-state index in [2.05, 4.69) is 10.2 Å². The van der Waals surface area contributed by atoms with Crippen molar-refractivity contribution >= 4 is 17.6 Å². The molecule has 0 aromatic heterocycles. The molecule has 4 bridgehead atoms. The first-order valence-corrected chi connectivity index (χ1v) is 14.4. The smallest absolute Gasteiger partial charge is 0.305 e. The minimum atomic E-state index is -1.66. The molecule has 0 spiro atoms. The summed E-state index contributed by atoms with van der Waals surface area (Å²) in [5.41, 5.74) is -3.95. The number of aliphatic carboxylic acids is 1. The lowest BCUT2D eigenvalue weighted by molar-refractivity contribution is -0.364. The second kappa shape index (κ2) is 9.44. The van der Waals surface area contributed by atoms with Gasteiger partial charge in [0.05, 0.1) is 18.6 Å². The van der Waals surface area contributed by atoms with Crippen molar-refractivity contribution in [2.45, 2.75) is 68.0 Å². The van der Waals surface area contributed by atoms with E-state index >= 15 is 0 Å². The Morgan fingerprint density at radius 2 is 1.64 bits per heavy atom. The maximum Gasteiger partial charge on any atom is 0.305 e. The predicted molar refractivity (Wildman–Crippen MR) is 151 cm³/mol. The van der Waals surface area contributed by atoms with E-state index in [9.17, 15) is 19.1 Å². The number of nitrogens with one attached hydrogen (secondary N) is 1. The van der Waals surface area contributed by atoms with Gasteiger partial charge in [0.25, 0.3) is 5.91 Å². The van der Waals surface area contributed by atoms with Crippen molar-refractivity contribution in [3.8, 4) is 0 Å². The van der Waals surface area contributed by atoms with E-state index in [1.54, 1.807) is 24.3 Å². The number of nitrogens with zero attached hydrogens (tertiary/aromatic N) is 1. The summed E-state index contributed by atoms with van der Waals surface area (Å²) in [6, 6.07) is 24.8. The largest absolute Gasteiger partial charge is 0.481 e. The van der Waals surface area contributed by atoms with E-state index in [4.69, 9.17) is 14.2 Å². The van der Waals surface area contributed by atoms with E-state index in [1.165, 1.54) is 12.1 Å². The van der Waals surface area contributed by atoms with Crippen LogP contribution in [0.1, 0.15) is 44.2 Å². The van der Waals surface area contributed by atoms with Crippen molar-refractivity contribution in [2.75, 3.05) is 11.9 Å². The van der Waals surface area contributed by atoms with Gasteiger partial charge in [0.15, 0.2) is 17.1 Å². The molecule has 0 radical (unpaired) electrons. The maximum atomic E-state index is 14.9. The van der Waals surface area contributed by atoms with Crippen molar-refractivity contribution in [3.05, 3.63) is 102 Å². The first-order chi connectivity index (χ1) is 20.2. The number of para-hydroxylation sites is 1. The number of rotatable bonds is 7. The highest BCUT2D eigenvalue weighted by atomic mass is 19.1. The van der Waals surface area contributed by atoms with Crippen molar-refractivity contribution in [1.82, 2.24) is 4.90 Å². The van der Waals surface area contributed by atoms with Gasteiger partial charge in [-0.15, -0.1) is 0 Å². The number of carbonyl (C=O) groups is 2. The molecule has 0 saturated carbocycles. The average Bonchev–Trinajstić information content (AvgIpc) is 3.64. The number of hydrogen-bond acceptors (Lipinski definition) is 6. The van der Waals surface area contributed by atoms with E-state index in [-0.39, 0.29) is 12.3 Å². The summed E-state index contributed by atoms with van der Waals surface area (Å²) < 4.78 is 35.5. The van der Waals surface area contributed by atoms with E-state index in [0.29, 0.717) is 36.2 Å². The number of morpholine rings is 1. The minimum absolute atomic E-state index is 0.250. The Morgan fingerprint density at radius 1 is 0.976 bits per heavy atom. The molecule has 0 aliphatic carbocycles. The van der Waals surface area contributed by atoms with Crippen LogP contribution < -0.4 is 5.32 Å². The fourth-order valence-electron chi connectivity index (χ4n) is 7.92. The van der Waals surface area contributed by atoms with Gasteiger partial charge in [-0.05, 0) is 42.2 Å². The molecule has 7 atom stereocenters. The van der Waals surface area contributed by atoms with Crippen LogP contribution in [0, 0.1) is 11.7 Å². The standard InChI is InChI=1S/C33H33FN2O6/c1-21(2)32-31(29(39)35-25-11-7-4-8-12-25)30(42-31,22-9-5-3-6-10-22)33(23-13-15-24(34)16-14-23)36(32)18-17-26(40-33)19-27(41-32)20-28(37)38/h3-16,21,26-27H,17-20H2,1-2H3,(H,35,39)(H,37,38)/t26-,27-,30?,31?,32?,33?/m1/s1. The van der Waals surface area contributed by atoms with Crippen LogP contribution in [-0.2, 0) is 35.1 Å². The molecule has 5 heterocycles. The zero-order chi connectivity index (χ0) is 29.3. The van der Waals surface area contributed by atoms with Crippen LogP contribution in [0.2, 0.25) is 0 Å². The number of epoxide rings is 1. The lowest BCUT2D eigenvalue weighted by atomic mass is 9.73. The minimum Gasteiger partial charge on any atom is -0.481 e. The summed E-state index contributed by atoms with van der Waals surface area (Å²) in [7, 11) is 0. The lowest BCUT2D eigenvalue weighted by Crippen LogP contribution is -2.71. The molecular formula is C33H33FN2O6. The number of anilines is 1. The van der Waals surface area contributed by atoms with Gasteiger partial charge < -0.3 is 24.6 Å². The summed E-state index contributed by atoms with van der Waals surface area (Å²) in [5.74, 6) is -2.17. The second-order valence-corrected chi connectivity index (χ2v) is 11.9. The van der Waals surface area contributed by atoms with Crippen LogP contribution in [0.4, 0.5) is 10.1 Å². The zero-order valence-corrected chi connectivity index (χ0v) is 23.5. The van der Waals surface area contributed by atoms with Crippen molar-refractivity contribution in [1.29, 1.82) is 0 Å². The Kier molecular flexibility index (Phi) is 6.12. The summed E-state index contributed by atoms with van der Waals surface area (Å²) in [6.45, 7) is 4.42. The van der Waals surface area contributed by atoms with Crippen molar-refractivity contribution in [3.63, 3.8) is 0 Å². The van der Waals surface area contributed by atoms with Crippen molar-refractivity contribution in [2.24, 2.45) is 5.92 Å². The fraction of sp³-hybridized carbons (Fsp3) is 0.394. The number of carboxylic acids is 1. The van der Waals surface area contributed by atoms with E-state index in [1.807, 2.05) is 62.4 Å². The third kappa shape index (κ3) is 3.36. The summed E-state index contributed by atoms with van der Waals surface area (Å²) in [4.78, 5) is 29.0. The van der Waals surface area contributed by atoms with Gasteiger partial charge in [-0.3, -0.25) is 9.59 Å². The Labute approximate surface area is 243 Å². The van der Waals surface area contributed by atoms with Crippen LogP contribution >= 0.6 is 0 Å². The van der Waals surface area contributed by atoms with Gasteiger partial charge >= 0.3 is 5.97 Å². The molecule has 3 aromatic carbocycles. The number of halogens is 1. The number of ether oxygens (including phenoxy) is 3. The molecule has 218 valence electrons. The van der Waals surface area contributed by atoms with Crippen LogP contribution in [-0.4, -0.2) is 52.0 Å². The van der Waals surface area contributed by atoms with E-state index < -0.39 is 52.6 Å². The number of amides is 1. The third-order valence-corrected chi connectivity index (χ3v) is 9.36. The third-order valence-electron chi connectivity index (χ3n) is 9.36. The van der Waals surface area contributed by atoms with Gasteiger partial charge in [0.2, 0.25) is 5.60 Å². The van der Waals surface area contributed by atoms with Gasteiger partial charge in [-0.25, -0.2) is 9.29 Å². The van der Waals surface area contributed by atoms with Gasteiger partial charge in [-0.1, -0.05) is 74.5 Å². The van der Waals surface area contributed by atoms with Gasteiger partial charge in [0.1, 0.15) is 5.82 Å². The molecule has 8 rings (SSSR count). The molecule has 5 aliphatic heterocycles. The number of benzene rings is 3. The molecular weight excluding hydrogens is 539 g/mol. The van der Waals surface area contributed by atoms with Crippen LogP contribution in [0.3, 0.4) is 0 Å². The monoisotopic (exact) mass is 572 g/mol. The Bertz CT molecular complexity index is 1520. The second-order valence-electron chi connectivity index (χ2n) is 11.9. The number of carboxylic acid groups (broad SMARTS) is 1. The Hall–Kier alpha value is -3.63. The van der Waals surface area contributed by atoms with E-state index in [0.717, 1.165) is 0 Å². The van der Waals surface area contributed by atoms with Gasteiger partial charge in [0, 0.05) is 24.2 Å². The number of hydrogen-bond donors (Lipinski definition) is 2. The highest BCUT2D eigenvalue weighted by Gasteiger charge is 3.00. The molecule has 5 aliphatic rings. The van der Waals surface area contributed by atoms with Gasteiger partial charge in [-0.2, -0.15) is 0 Å². The fourth-order valence-corrected chi connectivity index (χ4v) is 7.92.